The molecule has 3 aromatic rings. The van der Waals surface area contributed by atoms with Gasteiger partial charge in [0.25, 0.3) is 0 Å². The second-order valence-corrected chi connectivity index (χ2v) is 9.01. The van der Waals surface area contributed by atoms with Gasteiger partial charge < -0.3 is 15.3 Å². The molecule has 0 bridgehead atoms. The number of aromatic hydroxyl groups is 3. The first-order valence-corrected chi connectivity index (χ1v) is 11.5. The van der Waals surface area contributed by atoms with E-state index in [2.05, 4.69) is 21.0 Å². The van der Waals surface area contributed by atoms with Gasteiger partial charge in [0.05, 0.1) is 18.0 Å². The molecular weight excluding hydrogens is 466 g/mol. The number of halogens is 1. The van der Waals surface area contributed by atoms with E-state index in [0.29, 0.717) is 11.6 Å². The molecular formula is C22H22BrN3O3S. The molecule has 1 aliphatic carbocycles. The predicted octanol–water partition coefficient (Wildman–Crippen LogP) is 5.21. The van der Waals surface area contributed by atoms with Gasteiger partial charge in [-0.15, -0.1) is 11.3 Å². The van der Waals surface area contributed by atoms with Crippen LogP contribution in [-0.2, 0) is 0 Å². The topological polar surface area (TPSA) is 90.3 Å². The highest BCUT2D eigenvalue weighted by molar-refractivity contribution is 9.10. The van der Waals surface area contributed by atoms with E-state index < -0.39 is 11.5 Å². The largest absolute Gasteiger partial charge is 0.504 e. The average Bonchev–Trinajstić information content (AvgIpc) is 3.15. The van der Waals surface area contributed by atoms with Crippen LogP contribution in [0, 0.1) is 0 Å². The van der Waals surface area contributed by atoms with E-state index in [1.165, 1.54) is 48.9 Å². The van der Waals surface area contributed by atoms with E-state index in [1.54, 1.807) is 4.68 Å². The molecule has 4 rings (SSSR count). The molecule has 0 saturated heterocycles. The van der Waals surface area contributed by atoms with Crippen LogP contribution >= 0.6 is 27.3 Å². The molecule has 156 valence electrons. The van der Waals surface area contributed by atoms with Crippen molar-refractivity contribution >= 4 is 33.5 Å². The van der Waals surface area contributed by atoms with Crippen molar-refractivity contribution in [3.05, 3.63) is 56.6 Å². The van der Waals surface area contributed by atoms with Crippen LogP contribution in [0.15, 0.2) is 56.3 Å². The van der Waals surface area contributed by atoms with E-state index >= 15 is 0 Å². The van der Waals surface area contributed by atoms with Gasteiger partial charge in [-0.05, 0) is 37.1 Å². The normalized spacial score (nSPS) is 15.8. The fourth-order valence-corrected chi connectivity index (χ4v) is 4.67. The van der Waals surface area contributed by atoms with E-state index in [9.17, 15) is 15.3 Å². The molecule has 3 N–H and O–H groups in total. The molecule has 0 atom stereocenters. The summed E-state index contributed by atoms with van der Waals surface area (Å²) in [5.74, 6) is -1.35. The van der Waals surface area contributed by atoms with Gasteiger partial charge in [-0.25, -0.2) is 4.68 Å². The number of thiazole rings is 1. The number of phenols is 3. The summed E-state index contributed by atoms with van der Waals surface area (Å²) in [6.45, 7) is 0. The lowest BCUT2D eigenvalue weighted by molar-refractivity contribution is 0.367. The number of nitrogens with zero attached hydrogens (tertiary/aromatic N) is 3. The number of hydrogen-bond donors (Lipinski definition) is 3. The van der Waals surface area contributed by atoms with Crippen LogP contribution in [0.4, 0.5) is 0 Å². The van der Waals surface area contributed by atoms with Crippen LogP contribution in [-0.4, -0.2) is 32.3 Å². The second-order valence-electron chi connectivity index (χ2n) is 7.26. The smallest absolute Gasteiger partial charge is 0.206 e. The zero-order valence-corrected chi connectivity index (χ0v) is 18.6. The third-order valence-electron chi connectivity index (χ3n) is 5.17. The summed E-state index contributed by atoms with van der Waals surface area (Å²) in [5, 5.41) is 36.0. The molecule has 30 heavy (non-hydrogen) atoms. The molecule has 2 aromatic carbocycles. The van der Waals surface area contributed by atoms with Crippen LogP contribution in [0.25, 0.3) is 11.3 Å². The number of benzene rings is 2. The van der Waals surface area contributed by atoms with Crippen LogP contribution in [0.3, 0.4) is 0 Å². The van der Waals surface area contributed by atoms with Gasteiger partial charge in [-0.1, -0.05) is 47.3 Å². The lowest BCUT2D eigenvalue weighted by Gasteiger charge is -2.16. The maximum Gasteiger partial charge on any atom is 0.206 e. The van der Waals surface area contributed by atoms with Crippen LogP contribution in [0.1, 0.15) is 37.7 Å². The van der Waals surface area contributed by atoms with Gasteiger partial charge in [0, 0.05) is 21.0 Å². The minimum absolute atomic E-state index is 0.294. The Morgan fingerprint density at radius 2 is 1.70 bits per heavy atom. The molecule has 1 heterocycles. The van der Waals surface area contributed by atoms with Crippen LogP contribution in [0.5, 0.6) is 17.2 Å². The van der Waals surface area contributed by atoms with Crippen molar-refractivity contribution < 1.29 is 15.3 Å². The minimum Gasteiger partial charge on any atom is -0.504 e. The van der Waals surface area contributed by atoms with Crippen LogP contribution < -0.4 is 4.80 Å². The van der Waals surface area contributed by atoms with Crippen molar-refractivity contribution in [2.24, 2.45) is 10.1 Å². The monoisotopic (exact) mass is 487 g/mol. The van der Waals surface area contributed by atoms with Crippen molar-refractivity contribution in [1.82, 2.24) is 4.68 Å². The molecule has 0 amide bonds. The molecule has 0 aliphatic heterocycles. The third-order valence-corrected chi connectivity index (χ3v) is 6.53. The van der Waals surface area contributed by atoms with Crippen molar-refractivity contribution in [3.63, 3.8) is 0 Å². The summed E-state index contributed by atoms with van der Waals surface area (Å²) in [7, 11) is 0. The Bertz CT molecular complexity index is 1130. The van der Waals surface area contributed by atoms with E-state index in [4.69, 9.17) is 4.99 Å². The standard InChI is InChI=1S/C22H22BrN3O3S/c23-16-9-6-14(7-10-16)18-13-30-22(25-17-4-2-1-3-5-17)26(18)24-12-15-8-11-19(27)21(29)20(15)28/h6-13,17,27-29H,1-5H2. The minimum atomic E-state index is -0.561. The Kier molecular flexibility index (Phi) is 6.24. The summed E-state index contributed by atoms with van der Waals surface area (Å²) >= 11 is 5.00. The second kappa shape index (κ2) is 9.06. The van der Waals surface area contributed by atoms with Crippen molar-refractivity contribution in [3.8, 4) is 28.5 Å². The SMILES string of the molecule is Oc1ccc(C=Nn2c(-c3ccc(Br)cc3)csc2=NC2CCCCC2)c(O)c1O. The van der Waals surface area contributed by atoms with Gasteiger partial charge in [0.2, 0.25) is 10.6 Å². The Balaban J connectivity index is 1.79. The first-order valence-electron chi connectivity index (χ1n) is 9.81. The zero-order chi connectivity index (χ0) is 21.1. The molecule has 0 spiro atoms. The molecule has 1 aliphatic rings. The van der Waals surface area contributed by atoms with Crippen molar-refractivity contribution in [2.45, 2.75) is 38.1 Å². The molecule has 6 nitrogen and oxygen atoms in total. The molecule has 8 heteroatoms. The highest BCUT2D eigenvalue weighted by Crippen LogP contribution is 2.36. The summed E-state index contributed by atoms with van der Waals surface area (Å²) in [5.41, 5.74) is 2.18. The maximum absolute atomic E-state index is 10.1. The van der Waals surface area contributed by atoms with Gasteiger partial charge in [0.15, 0.2) is 11.5 Å². The number of hydrogen-bond acceptors (Lipinski definition) is 6. The molecule has 0 radical (unpaired) electrons. The number of rotatable bonds is 4. The first kappa shape index (κ1) is 20.7. The van der Waals surface area contributed by atoms with Gasteiger partial charge in [-0.3, -0.25) is 4.99 Å². The van der Waals surface area contributed by atoms with Gasteiger partial charge in [-0.2, -0.15) is 5.10 Å². The first-order chi connectivity index (χ1) is 14.5. The van der Waals surface area contributed by atoms with Crippen molar-refractivity contribution in [2.75, 3.05) is 0 Å². The Labute approximate surface area is 186 Å². The highest BCUT2D eigenvalue weighted by atomic mass is 79.9. The zero-order valence-electron chi connectivity index (χ0n) is 16.2. The quantitative estimate of drug-likeness (QED) is 0.348. The maximum atomic E-state index is 10.1. The Morgan fingerprint density at radius 3 is 2.43 bits per heavy atom. The molecule has 0 unspecified atom stereocenters. The number of phenolic OH excluding ortho intramolecular Hbond substituents is 3. The summed E-state index contributed by atoms with van der Waals surface area (Å²) < 4.78 is 2.76. The summed E-state index contributed by atoms with van der Waals surface area (Å²) in [4.78, 5) is 5.75. The van der Waals surface area contributed by atoms with E-state index in [-0.39, 0.29) is 5.75 Å². The van der Waals surface area contributed by atoms with Crippen LogP contribution in [0.2, 0.25) is 0 Å². The van der Waals surface area contributed by atoms with Gasteiger partial charge >= 0.3 is 0 Å². The lowest BCUT2D eigenvalue weighted by atomic mass is 9.96. The van der Waals surface area contributed by atoms with E-state index in [1.807, 2.05) is 29.6 Å². The molecule has 1 fully saturated rings. The summed E-state index contributed by atoms with van der Waals surface area (Å²) in [6, 6.07) is 11.1. The fraction of sp³-hybridized carbons (Fsp3) is 0.273. The molecule has 1 saturated carbocycles. The van der Waals surface area contributed by atoms with Gasteiger partial charge in [0.1, 0.15) is 0 Å². The Hall–Kier alpha value is -2.58. The Morgan fingerprint density at radius 1 is 0.967 bits per heavy atom. The molecule has 1 aromatic heterocycles. The van der Waals surface area contributed by atoms with Crippen molar-refractivity contribution in [1.29, 1.82) is 0 Å². The predicted molar refractivity (Wildman–Crippen MR) is 122 cm³/mol. The average molecular weight is 488 g/mol. The summed E-state index contributed by atoms with van der Waals surface area (Å²) in [6.07, 6.45) is 7.29. The lowest BCUT2D eigenvalue weighted by Crippen LogP contribution is -2.19. The number of aromatic nitrogens is 1. The van der Waals surface area contributed by atoms with E-state index in [0.717, 1.165) is 33.4 Å². The fourth-order valence-electron chi connectivity index (χ4n) is 3.49. The third kappa shape index (κ3) is 4.44. The highest BCUT2D eigenvalue weighted by Gasteiger charge is 2.14.